The van der Waals surface area contributed by atoms with E-state index >= 15 is 0 Å². The zero-order chi connectivity index (χ0) is 13.1. The summed E-state index contributed by atoms with van der Waals surface area (Å²) in [6, 6.07) is 19.0. The Morgan fingerprint density at radius 3 is 2.16 bits per heavy atom. The highest BCUT2D eigenvalue weighted by molar-refractivity contribution is 5.65. The fourth-order valence-electron chi connectivity index (χ4n) is 2.71. The van der Waals surface area contributed by atoms with Crippen molar-refractivity contribution in [2.24, 2.45) is 0 Å². The van der Waals surface area contributed by atoms with Crippen molar-refractivity contribution in [3.8, 4) is 11.1 Å². The number of aliphatic hydroxyl groups excluding tert-OH is 1. The van der Waals surface area contributed by atoms with Crippen molar-refractivity contribution in [3.63, 3.8) is 0 Å². The van der Waals surface area contributed by atoms with Crippen molar-refractivity contribution in [1.29, 1.82) is 0 Å². The third kappa shape index (κ3) is 2.79. The molecule has 0 saturated heterocycles. The lowest BCUT2D eigenvalue weighted by Crippen LogP contribution is -2.27. The Balaban J connectivity index is 1.72. The predicted octanol–water partition coefficient (Wildman–Crippen LogP) is 3.68. The maximum atomic E-state index is 9.82. The highest BCUT2D eigenvalue weighted by Crippen LogP contribution is 2.25. The molecule has 0 aromatic heterocycles. The van der Waals surface area contributed by atoms with Gasteiger partial charge in [-0.3, -0.25) is 0 Å². The van der Waals surface area contributed by atoms with Gasteiger partial charge in [0.15, 0.2) is 0 Å². The second-order valence-electron chi connectivity index (χ2n) is 5.19. The molecule has 0 aliphatic heterocycles. The van der Waals surface area contributed by atoms with Crippen molar-refractivity contribution in [1.82, 2.24) is 0 Å². The van der Waals surface area contributed by atoms with Crippen LogP contribution in [0.1, 0.15) is 19.3 Å². The van der Waals surface area contributed by atoms with Gasteiger partial charge < -0.3 is 10.4 Å². The van der Waals surface area contributed by atoms with Crippen molar-refractivity contribution >= 4 is 5.69 Å². The smallest absolute Gasteiger partial charge is 0.0741 e. The fourth-order valence-corrected chi connectivity index (χ4v) is 2.71. The number of aliphatic hydroxyl groups is 1. The first-order valence-electron chi connectivity index (χ1n) is 6.93. The summed E-state index contributed by atoms with van der Waals surface area (Å²) >= 11 is 0. The number of hydrogen-bond donors (Lipinski definition) is 2. The molecule has 2 aromatic rings. The molecule has 2 aromatic carbocycles. The molecule has 1 aliphatic rings. The van der Waals surface area contributed by atoms with Gasteiger partial charge in [-0.05, 0) is 42.5 Å². The van der Waals surface area contributed by atoms with Crippen molar-refractivity contribution in [2.75, 3.05) is 5.32 Å². The molecule has 98 valence electrons. The maximum absolute atomic E-state index is 9.82. The summed E-state index contributed by atoms with van der Waals surface area (Å²) in [5.41, 5.74) is 3.54. The minimum Gasteiger partial charge on any atom is -0.391 e. The van der Waals surface area contributed by atoms with Crippen LogP contribution in [0.15, 0.2) is 54.6 Å². The van der Waals surface area contributed by atoms with Crippen molar-refractivity contribution < 1.29 is 5.11 Å². The Labute approximate surface area is 114 Å². The first kappa shape index (κ1) is 12.2. The molecule has 2 atom stereocenters. The molecule has 2 N–H and O–H groups in total. The Kier molecular flexibility index (Phi) is 3.51. The topological polar surface area (TPSA) is 32.3 Å². The standard InChI is InChI=1S/C17H19NO/c19-17-8-4-7-16(17)18-15-11-9-14(10-12-15)13-5-2-1-3-6-13/h1-3,5-6,9-12,16-19H,4,7-8H2. The number of rotatable bonds is 3. The normalized spacial score (nSPS) is 22.4. The third-order valence-corrected chi connectivity index (χ3v) is 3.82. The molecule has 2 heteroatoms. The Morgan fingerprint density at radius 2 is 1.53 bits per heavy atom. The van der Waals surface area contributed by atoms with Crippen LogP contribution in [0.4, 0.5) is 5.69 Å². The number of anilines is 1. The second-order valence-corrected chi connectivity index (χ2v) is 5.19. The summed E-state index contributed by atoms with van der Waals surface area (Å²) in [7, 11) is 0. The van der Waals surface area contributed by atoms with E-state index in [4.69, 9.17) is 0 Å². The molecule has 0 amide bonds. The van der Waals surface area contributed by atoms with Crippen LogP contribution in [0, 0.1) is 0 Å². The SMILES string of the molecule is OC1CCCC1Nc1ccc(-c2ccccc2)cc1. The molecule has 1 aliphatic carbocycles. The maximum Gasteiger partial charge on any atom is 0.0741 e. The van der Waals surface area contributed by atoms with E-state index in [9.17, 15) is 5.11 Å². The summed E-state index contributed by atoms with van der Waals surface area (Å²) in [6.45, 7) is 0. The van der Waals surface area contributed by atoms with Crippen LogP contribution in [0.5, 0.6) is 0 Å². The highest BCUT2D eigenvalue weighted by atomic mass is 16.3. The summed E-state index contributed by atoms with van der Waals surface area (Å²) in [5.74, 6) is 0. The van der Waals surface area contributed by atoms with Crippen LogP contribution in [0.3, 0.4) is 0 Å². The van der Waals surface area contributed by atoms with E-state index in [1.165, 1.54) is 11.1 Å². The van der Waals surface area contributed by atoms with Crippen LogP contribution < -0.4 is 5.32 Å². The van der Waals surface area contributed by atoms with Gasteiger partial charge in [0.25, 0.3) is 0 Å². The van der Waals surface area contributed by atoms with Crippen LogP contribution in [0.2, 0.25) is 0 Å². The van der Waals surface area contributed by atoms with Crippen molar-refractivity contribution in [3.05, 3.63) is 54.6 Å². The Morgan fingerprint density at radius 1 is 0.842 bits per heavy atom. The van der Waals surface area contributed by atoms with Gasteiger partial charge in [0.2, 0.25) is 0 Å². The van der Waals surface area contributed by atoms with Gasteiger partial charge in [0.05, 0.1) is 12.1 Å². The molecule has 1 fully saturated rings. The lowest BCUT2D eigenvalue weighted by atomic mass is 10.1. The lowest BCUT2D eigenvalue weighted by molar-refractivity contribution is 0.172. The van der Waals surface area contributed by atoms with Crippen LogP contribution in [0.25, 0.3) is 11.1 Å². The summed E-state index contributed by atoms with van der Waals surface area (Å²) in [4.78, 5) is 0. The third-order valence-electron chi connectivity index (χ3n) is 3.82. The minimum atomic E-state index is -0.200. The van der Waals surface area contributed by atoms with Crippen LogP contribution >= 0.6 is 0 Å². The largest absolute Gasteiger partial charge is 0.391 e. The first-order chi connectivity index (χ1) is 9.33. The lowest BCUT2D eigenvalue weighted by Gasteiger charge is -2.18. The van der Waals surface area contributed by atoms with E-state index in [-0.39, 0.29) is 12.1 Å². The number of benzene rings is 2. The van der Waals surface area contributed by atoms with Gasteiger partial charge >= 0.3 is 0 Å². The molecule has 3 rings (SSSR count). The zero-order valence-corrected chi connectivity index (χ0v) is 10.9. The molecular formula is C17H19NO. The van der Waals surface area contributed by atoms with E-state index in [1.54, 1.807) is 0 Å². The molecule has 2 nitrogen and oxygen atoms in total. The van der Waals surface area contributed by atoms with E-state index in [2.05, 4.69) is 53.8 Å². The Bertz CT molecular complexity index is 521. The van der Waals surface area contributed by atoms with Gasteiger partial charge in [0.1, 0.15) is 0 Å². The average molecular weight is 253 g/mol. The molecule has 1 saturated carbocycles. The first-order valence-corrected chi connectivity index (χ1v) is 6.93. The van der Waals surface area contributed by atoms with E-state index < -0.39 is 0 Å². The molecule has 2 unspecified atom stereocenters. The fraction of sp³-hybridized carbons (Fsp3) is 0.294. The molecule has 0 heterocycles. The van der Waals surface area contributed by atoms with Gasteiger partial charge in [0, 0.05) is 5.69 Å². The van der Waals surface area contributed by atoms with Crippen LogP contribution in [-0.2, 0) is 0 Å². The molecule has 19 heavy (non-hydrogen) atoms. The highest BCUT2D eigenvalue weighted by Gasteiger charge is 2.24. The molecular weight excluding hydrogens is 234 g/mol. The van der Waals surface area contributed by atoms with E-state index in [1.807, 2.05) is 6.07 Å². The van der Waals surface area contributed by atoms with Gasteiger partial charge in [-0.15, -0.1) is 0 Å². The quantitative estimate of drug-likeness (QED) is 0.874. The minimum absolute atomic E-state index is 0.200. The van der Waals surface area contributed by atoms with Crippen LogP contribution in [-0.4, -0.2) is 17.3 Å². The summed E-state index contributed by atoms with van der Waals surface area (Å²) < 4.78 is 0. The summed E-state index contributed by atoms with van der Waals surface area (Å²) in [5, 5.41) is 13.2. The predicted molar refractivity (Wildman–Crippen MR) is 79.1 cm³/mol. The summed E-state index contributed by atoms with van der Waals surface area (Å²) in [6.07, 6.45) is 2.89. The van der Waals surface area contributed by atoms with Crippen molar-refractivity contribution in [2.45, 2.75) is 31.4 Å². The van der Waals surface area contributed by atoms with E-state index in [0.29, 0.717) is 0 Å². The molecule has 0 spiro atoms. The molecule has 0 radical (unpaired) electrons. The van der Waals surface area contributed by atoms with E-state index in [0.717, 1.165) is 24.9 Å². The second kappa shape index (κ2) is 5.45. The monoisotopic (exact) mass is 253 g/mol. The number of hydrogen-bond acceptors (Lipinski definition) is 2. The Hall–Kier alpha value is -1.80. The number of nitrogens with one attached hydrogen (secondary N) is 1. The zero-order valence-electron chi connectivity index (χ0n) is 10.9. The molecule has 0 bridgehead atoms. The van der Waals surface area contributed by atoms with Gasteiger partial charge in [-0.25, -0.2) is 0 Å². The average Bonchev–Trinajstić information content (AvgIpc) is 2.86. The van der Waals surface area contributed by atoms with Gasteiger partial charge in [-0.2, -0.15) is 0 Å². The van der Waals surface area contributed by atoms with Gasteiger partial charge in [-0.1, -0.05) is 42.5 Å².